The van der Waals surface area contributed by atoms with Gasteiger partial charge >= 0.3 is 12.0 Å². The Morgan fingerprint density at radius 2 is 1.95 bits per heavy atom. The molecule has 0 bridgehead atoms. The van der Waals surface area contributed by atoms with Gasteiger partial charge in [0.2, 0.25) is 0 Å². The van der Waals surface area contributed by atoms with Crippen molar-refractivity contribution in [2.75, 3.05) is 33.7 Å². The molecule has 1 unspecified atom stereocenters. The predicted octanol–water partition coefficient (Wildman–Crippen LogP) is 0.833. The van der Waals surface area contributed by atoms with Crippen molar-refractivity contribution in [3.8, 4) is 0 Å². The van der Waals surface area contributed by atoms with E-state index in [0.29, 0.717) is 5.92 Å². The molecule has 2 N–H and O–H groups in total. The van der Waals surface area contributed by atoms with Gasteiger partial charge in [-0.25, -0.2) is 4.79 Å². The van der Waals surface area contributed by atoms with Gasteiger partial charge in [-0.15, -0.1) is 0 Å². The Morgan fingerprint density at radius 1 is 1.37 bits per heavy atom. The minimum Gasteiger partial charge on any atom is -0.481 e. The fraction of sp³-hybridized carbons (Fsp3) is 0.846. The fourth-order valence-corrected chi connectivity index (χ4v) is 2.45. The molecule has 0 aromatic carbocycles. The van der Waals surface area contributed by atoms with E-state index >= 15 is 0 Å². The molecular formula is C13H25N3O3. The number of hydrogen-bond donors (Lipinski definition) is 2. The summed E-state index contributed by atoms with van der Waals surface area (Å²) in [4.78, 5) is 26.4. The molecule has 1 aliphatic rings. The molecule has 6 nitrogen and oxygen atoms in total. The average Bonchev–Trinajstić information content (AvgIpc) is 2.27. The number of likely N-dealkylation sites (tertiary alicyclic amines) is 1. The maximum absolute atomic E-state index is 11.9. The van der Waals surface area contributed by atoms with Gasteiger partial charge in [0.25, 0.3) is 0 Å². The van der Waals surface area contributed by atoms with Crippen LogP contribution in [-0.2, 0) is 4.79 Å². The summed E-state index contributed by atoms with van der Waals surface area (Å²) in [6.45, 7) is 4.28. The molecule has 0 aliphatic carbocycles. The van der Waals surface area contributed by atoms with Crippen molar-refractivity contribution in [2.45, 2.75) is 32.2 Å². The second-order valence-electron chi connectivity index (χ2n) is 5.64. The Balaban J connectivity index is 2.30. The lowest BCUT2D eigenvalue weighted by atomic mass is 9.96. The number of nitrogens with one attached hydrogen (secondary N) is 1. The smallest absolute Gasteiger partial charge is 0.317 e. The number of aliphatic carboxylic acids is 1. The minimum absolute atomic E-state index is 0.0389. The van der Waals surface area contributed by atoms with E-state index in [9.17, 15) is 9.59 Å². The van der Waals surface area contributed by atoms with Crippen LogP contribution >= 0.6 is 0 Å². The van der Waals surface area contributed by atoms with Crippen LogP contribution in [0.4, 0.5) is 4.79 Å². The zero-order valence-electron chi connectivity index (χ0n) is 12.1. The zero-order valence-corrected chi connectivity index (χ0v) is 12.1. The lowest BCUT2D eigenvalue weighted by molar-refractivity contribution is -0.137. The molecule has 0 aromatic rings. The third-order valence-electron chi connectivity index (χ3n) is 3.38. The van der Waals surface area contributed by atoms with Crippen LogP contribution < -0.4 is 5.32 Å². The van der Waals surface area contributed by atoms with E-state index in [2.05, 4.69) is 24.3 Å². The summed E-state index contributed by atoms with van der Waals surface area (Å²) in [7, 11) is 4.12. The van der Waals surface area contributed by atoms with Gasteiger partial charge in [-0.1, -0.05) is 0 Å². The van der Waals surface area contributed by atoms with Crippen molar-refractivity contribution in [1.29, 1.82) is 0 Å². The SMILES string of the molecule is CC(CC(=O)O)NC(=O)N1CCC(CN(C)C)CC1. The summed E-state index contributed by atoms with van der Waals surface area (Å²) in [6.07, 6.45) is 1.99. The molecule has 6 heteroatoms. The molecule has 1 atom stereocenters. The van der Waals surface area contributed by atoms with Gasteiger partial charge in [0, 0.05) is 25.7 Å². The van der Waals surface area contributed by atoms with E-state index in [1.54, 1.807) is 11.8 Å². The monoisotopic (exact) mass is 271 g/mol. The molecule has 1 heterocycles. The molecule has 0 radical (unpaired) electrons. The highest BCUT2D eigenvalue weighted by Crippen LogP contribution is 2.17. The molecule has 110 valence electrons. The first-order chi connectivity index (χ1) is 8.88. The van der Waals surface area contributed by atoms with Gasteiger partial charge in [0.1, 0.15) is 0 Å². The Bertz CT molecular complexity index is 312. The molecule has 19 heavy (non-hydrogen) atoms. The first-order valence-corrected chi connectivity index (χ1v) is 6.80. The van der Waals surface area contributed by atoms with Gasteiger partial charge in [-0.05, 0) is 39.8 Å². The first kappa shape index (κ1) is 15.8. The summed E-state index contributed by atoms with van der Waals surface area (Å²) in [5, 5.41) is 11.4. The molecule has 0 spiro atoms. The summed E-state index contributed by atoms with van der Waals surface area (Å²) in [6, 6.07) is -0.471. The van der Waals surface area contributed by atoms with Gasteiger partial charge in [-0.2, -0.15) is 0 Å². The number of carbonyl (C=O) groups is 2. The molecule has 2 amide bonds. The Kier molecular flexibility index (Phi) is 6.08. The molecular weight excluding hydrogens is 246 g/mol. The van der Waals surface area contributed by atoms with Gasteiger partial charge in [-0.3, -0.25) is 4.79 Å². The summed E-state index contributed by atoms with van der Waals surface area (Å²) < 4.78 is 0. The third-order valence-corrected chi connectivity index (χ3v) is 3.38. The molecule has 1 fully saturated rings. The van der Waals surface area contributed by atoms with Crippen molar-refractivity contribution in [2.24, 2.45) is 5.92 Å². The van der Waals surface area contributed by atoms with Gasteiger partial charge in [0.15, 0.2) is 0 Å². The number of urea groups is 1. The molecule has 1 aliphatic heterocycles. The molecule has 0 saturated carbocycles. The fourth-order valence-electron chi connectivity index (χ4n) is 2.45. The number of piperidine rings is 1. The molecule has 1 rings (SSSR count). The van der Waals surface area contributed by atoms with Crippen LogP contribution in [0.3, 0.4) is 0 Å². The van der Waals surface area contributed by atoms with E-state index in [4.69, 9.17) is 5.11 Å². The predicted molar refractivity (Wildman–Crippen MR) is 73.1 cm³/mol. The van der Waals surface area contributed by atoms with E-state index in [1.165, 1.54) is 0 Å². The molecule has 0 aromatic heterocycles. The van der Waals surface area contributed by atoms with Crippen LogP contribution in [0.2, 0.25) is 0 Å². The number of carboxylic acids is 1. The summed E-state index contributed by atoms with van der Waals surface area (Å²) >= 11 is 0. The summed E-state index contributed by atoms with van der Waals surface area (Å²) in [5.41, 5.74) is 0. The largest absolute Gasteiger partial charge is 0.481 e. The van der Waals surface area contributed by atoms with Crippen molar-refractivity contribution in [3.05, 3.63) is 0 Å². The number of hydrogen-bond acceptors (Lipinski definition) is 3. The highest BCUT2D eigenvalue weighted by molar-refractivity contribution is 5.75. The van der Waals surface area contributed by atoms with Crippen LogP contribution in [-0.4, -0.2) is 66.7 Å². The Morgan fingerprint density at radius 3 is 2.42 bits per heavy atom. The normalized spacial score (nSPS) is 18.4. The minimum atomic E-state index is -0.891. The first-order valence-electron chi connectivity index (χ1n) is 6.80. The van der Waals surface area contributed by atoms with Crippen molar-refractivity contribution in [3.63, 3.8) is 0 Å². The van der Waals surface area contributed by atoms with E-state index in [-0.39, 0.29) is 18.5 Å². The van der Waals surface area contributed by atoms with Crippen LogP contribution in [0.15, 0.2) is 0 Å². The van der Waals surface area contributed by atoms with E-state index in [1.807, 2.05) is 0 Å². The van der Waals surface area contributed by atoms with Crippen LogP contribution in [0, 0.1) is 5.92 Å². The van der Waals surface area contributed by atoms with Gasteiger partial charge < -0.3 is 20.2 Å². The number of carbonyl (C=O) groups excluding carboxylic acids is 1. The Hall–Kier alpha value is -1.30. The second-order valence-corrected chi connectivity index (χ2v) is 5.64. The van der Waals surface area contributed by atoms with Crippen LogP contribution in [0.1, 0.15) is 26.2 Å². The van der Waals surface area contributed by atoms with Gasteiger partial charge in [0.05, 0.1) is 6.42 Å². The van der Waals surface area contributed by atoms with E-state index in [0.717, 1.165) is 32.5 Å². The number of carboxylic acid groups (broad SMARTS) is 1. The highest BCUT2D eigenvalue weighted by atomic mass is 16.4. The molecule has 1 saturated heterocycles. The topological polar surface area (TPSA) is 72.9 Å². The number of amides is 2. The standard InChI is InChI=1S/C13H25N3O3/c1-10(8-12(17)18)14-13(19)16-6-4-11(5-7-16)9-15(2)3/h10-11H,4-9H2,1-3H3,(H,14,19)(H,17,18). The lowest BCUT2D eigenvalue weighted by Crippen LogP contribution is -2.48. The van der Waals surface area contributed by atoms with Crippen molar-refractivity contribution < 1.29 is 14.7 Å². The quantitative estimate of drug-likeness (QED) is 0.777. The van der Waals surface area contributed by atoms with Crippen molar-refractivity contribution in [1.82, 2.24) is 15.1 Å². The lowest BCUT2D eigenvalue weighted by Gasteiger charge is -2.33. The second kappa shape index (κ2) is 7.33. The maximum Gasteiger partial charge on any atom is 0.317 e. The van der Waals surface area contributed by atoms with E-state index < -0.39 is 5.97 Å². The number of nitrogens with zero attached hydrogens (tertiary/aromatic N) is 2. The zero-order chi connectivity index (χ0) is 14.4. The average molecular weight is 271 g/mol. The van der Waals surface area contributed by atoms with Crippen molar-refractivity contribution >= 4 is 12.0 Å². The summed E-state index contributed by atoms with van der Waals surface area (Å²) in [5.74, 6) is -0.243. The van der Waals surface area contributed by atoms with Crippen LogP contribution in [0.5, 0.6) is 0 Å². The number of rotatable bonds is 5. The highest BCUT2D eigenvalue weighted by Gasteiger charge is 2.24. The Labute approximate surface area is 114 Å². The maximum atomic E-state index is 11.9. The van der Waals surface area contributed by atoms with Crippen LogP contribution in [0.25, 0.3) is 0 Å². The third kappa shape index (κ3) is 5.92.